The highest BCUT2D eigenvalue weighted by atomic mass is 16.7. The number of piperazine rings is 1. The molecule has 8 nitrogen and oxygen atoms in total. The van der Waals surface area contributed by atoms with E-state index in [1.165, 1.54) is 0 Å². The third-order valence-corrected chi connectivity index (χ3v) is 4.65. The summed E-state index contributed by atoms with van der Waals surface area (Å²) >= 11 is 0. The van der Waals surface area contributed by atoms with Crippen LogP contribution in [-0.4, -0.2) is 68.1 Å². The van der Waals surface area contributed by atoms with E-state index in [2.05, 4.69) is 15.1 Å². The second-order valence-corrected chi connectivity index (χ2v) is 6.51. The number of anilines is 2. The van der Waals surface area contributed by atoms with Crippen LogP contribution in [0.25, 0.3) is 0 Å². The molecule has 1 fully saturated rings. The average Bonchev–Trinajstić information content (AvgIpc) is 3.15. The van der Waals surface area contributed by atoms with E-state index in [-0.39, 0.29) is 12.7 Å². The molecule has 0 saturated carbocycles. The maximum Gasteiger partial charge on any atom is 0.254 e. The zero-order valence-corrected chi connectivity index (χ0v) is 14.9. The van der Waals surface area contributed by atoms with Crippen LogP contribution in [0.1, 0.15) is 10.4 Å². The summed E-state index contributed by atoms with van der Waals surface area (Å²) in [6.07, 6.45) is 1.74. The molecule has 0 radical (unpaired) electrons. The summed E-state index contributed by atoms with van der Waals surface area (Å²) in [5.74, 6) is 2.17. The van der Waals surface area contributed by atoms with Crippen molar-refractivity contribution < 1.29 is 14.3 Å². The molecule has 4 rings (SSSR count). The Labute approximate surface area is 151 Å². The van der Waals surface area contributed by atoms with E-state index in [9.17, 15) is 4.79 Å². The average molecular weight is 355 g/mol. The molecule has 1 aromatic carbocycles. The number of fused-ring (bicyclic) bond motifs is 1. The highest BCUT2D eigenvalue weighted by Crippen LogP contribution is 2.33. The summed E-state index contributed by atoms with van der Waals surface area (Å²) < 4.78 is 10.7. The Bertz CT molecular complexity index is 818. The van der Waals surface area contributed by atoms with Crippen molar-refractivity contribution in [3.63, 3.8) is 0 Å². The van der Waals surface area contributed by atoms with Crippen molar-refractivity contribution in [2.24, 2.45) is 0 Å². The smallest absolute Gasteiger partial charge is 0.254 e. The van der Waals surface area contributed by atoms with Gasteiger partial charge in [-0.2, -0.15) is 5.10 Å². The van der Waals surface area contributed by atoms with Gasteiger partial charge in [0.15, 0.2) is 17.3 Å². The van der Waals surface area contributed by atoms with Crippen LogP contribution in [0.15, 0.2) is 30.5 Å². The molecule has 1 aromatic heterocycles. The van der Waals surface area contributed by atoms with Crippen molar-refractivity contribution in [2.75, 3.05) is 56.9 Å². The van der Waals surface area contributed by atoms with Crippen LogP contribution in [0.5, 0.6) is 11.5 Å². The molecule has 0 atom stereocenters. The molecule has 0 aliphatic carbocycles. The number of nitrogens with zero attached hydrogens (tertiary/aromatic N) is 5. The number of benzene rings is 1. The lowest BCUT2D eigenvalue weighted by molar-refractivity contribution is 0.0746. The van der Waals surface area contributed by atoms with E-state index in [0.29, 0.717) is 30.2 Å². The van der Waals surface area contributed by atoms with Crippen molar-refractivity contribution in [3.8, 4) is 11.5 Å². The first-order valence-corrected chi connectivity index (χ1v) is 8.56. The molecule has 0 bridgehead atoms. The Morgan fingerprint density at radius 2 is 1.85 bits per heavy atom. The van der Waals surface area contributed by atoms with Crippen LogP contribution in [0.4, 0.5) is 11.5 Å². The maximum atomic E-state index is 12.8. The zero-order chi connectivity index (χ0) is 18.1. The number of hydrogen-bond acceptors (Lipinski definition) is 7. The standard InChI is InChI=1S/C18H21N5O3/c1-21(2)14-10-17(20-19-11-14)22-5-7-23(8-6-22)18(24)13-3-4-15-16(9-13)26-12-25-15/h3-4,9-11H,5-8,12H2,1-2H3. The lowest BCUT2D eigenvalue weighted by atomic mass is 10.1. The second kappa shape index (κ2) is 6.70. The molecule has 1 saturated heterocycles. The minimum absolute atomic E-state index is 0.0103. The van der Waals surface area contributed by atoms with Gasteiger partial charge in [0.2, 0.25) is 6.79 Å². The fourth-order valence-electron chi connectivity index (χ4n) is 3.10. The van der Waals surface area contributed by atoms with Crippen molar-refractivity contribution in [1.29, 1.82) is 0 Å². The second-order valence-electron chi connectivity index (χ2n) is 6.51. The third-order valence-electron chi connectivity index (χ3n) is 4.65. The Kier molecular flexibility index (Phi) is 4.24. The Morgan fingerprint density at radius 1 is 1.08 bits per heavy atom. The number of hydrogen-bond donors (Lipinski definition) is 0. The van der Waals surface area contributed by atoms with Gasteiger partial charge in [0, 0.05) is 51.9 Å². The predicted molar refractivity (Wildman–Crippen MR) is 97.0 cm³/mol. The molecule has 0 N–H and O–H groups in total. The molecule has 0 spiro atoms. The van der Waals surface area contributed by atoms with Crippen molar-refractivity contribution in [1.82, 2.24) is 15.1 Å². The summed E-state index contributed by atoms with van der Waals surface area (Å²) in [7, 11) is 3.95. The van der Waals surface area contributed by atoms with Crippen molar-refractivity contribution in [3.05, 3.63) is 36.0 Å². The van der Waals surface area contributed by atoms with E-state index in [4.69, 9.17) is 9.47 Å². The fraction of sp³-hybridized carbons (Fsp3) is 0.389. The van der Waals surface area contributed by atoms with E-state index < -0.39 is 0 Å². The number of rotatable bonds is 3. The number of carbonyl (C=O) groups excluding carboxylic acids is 1. The summed E-state index contributed by atoms with van der Waals surface area (Å²) in [6.45, 7) is 2.94. The number of carbonyl (C=O) groups is 1. The van der Waals surface area contributed by atoms with Gasteiger partial charge in [-0.15, -0.1) is 5.10 Å². The van der Waals surface area contributed by atoms with Crippen LogP contribution >= 0.6 is 0 Å². The predicted octanol–water partition coefficient (Wildman–Crippen LogP) is 1.23. The Morgan fingerprint density at radius 3 is 2.62 bits per heavy atom. The topological polar surface area (TPSA) is 71.0 Å². The van der Waals surface area contributed by atoms with Gasteiger partial charge in [-0.25, -0.2) is 0 Å². The van der Waals surface area contributed by atoms with Crippen molar-refractivity contribution in [2.45, 2.75) is 0 Å². The number of amides is 1. The van der Waals surface area contributed by atoms with Gasteiger partial charge in [0.1, 0.15) is 0 Å². The molecule has 0 unspecified atom stereocenters. The molecule has 2 aliphatic heterocycles. The van der Waals surface area contributed by atoms with E-state index >= 15 is 0 Å². The van der Waals surface area contributed by atoms with Crippen LogP contribution in [0.2, 0.25) is 0 Å². The molecule has 136 valence electrons. The molecule has 3 heterocycles. The quantitative estimate of drug-likeness (QED) is 0.820. The fourth-order valence-corrected chi connectivity index (χ4v) is 3.10. The summed E-state index contributed by atoms with van der Waals surface area (Å²) in [6, 6.07) is 7.34. The molecule has 8 heteroatoms. The molecule has 2 aliphatic rings. The van der Waals surface area contributed by atoms with E-state index in [1.54, 1.807) is 24.4 Å². The minimum Gasteiger partial charge on any atom is -0.454 e. The highest BCUT2D eigenvalue weighted by Gasteiger charge is 2.25. The molecular weight excluding hydrogens is 334 g/mol. The van der Waals surface area contributed by atoms with Gasteiger partial charge in [-0.3, -0.25) is 4.79 Å². The van der Waals surface area contributed by atoms with Gasteiger partial charge < -0.3 is 24.2 Å². The minimum atomic E-state index is 0.0103. The van der Waals surface area contributed by atoms with Crippen LogP contribution in [-0.2, 0) is 0 Å². The third kappa shape index (κ3) is 3.10. The largest absolute Gasteiger partial charge is 0.454 e. The number of aromatic nitrogens is 2. The summed E-state index contributed by atoms with van der Waals surface area (Å²) in [5, 5.41) is 8.30. The first kappa shape index (κ1) is 16.4. The van der Waals surface area contributed by atoms with Crippen LogP contribution in [0, 0.1) is 0 Å². The molecule has 2 aromatic rings. The van der Waals surface area contributed by atoms with Gasteiger partial charge in [-0.05, 0) is 18.2 Å². The van der Waals surface area contributed by atoms with E-state index in [0.717, 1.165) is 24.6 Å². The van der Waals surface area contributed by atoms with E-state index in [1.807, 2.05) is 30.0 Å². The van der Waals surface area contributed by atoms with Crippen molar-refractivity contribution >= 4 is 17.4 Å². The monoisotopic (exact) mass is 355 g/mol. The van der Waals surface area contributed by atoms with Crippen LogP contribution in [0.3, 0.4) is 0 Å². The van der Waals surface area contributed by atoms with Gasteiger partial charge in [0.05, 0.1) is 11.9 Å². The van der Waals surface area contributed by atoms with Crippen LogP contribution < -0.4 is 19.3 Å². The lowest BCUT2D eigenvalue weighted by Crippen LogP contribution is -2.49. The molecule has 26 heavy (non-hydrogen) atoms. The SMILES string of the molecule is CN(C)c1cnnc(N2CCN(C(=O)c3ccc4c(c3)OCO4)CC2)c1. The first-order chi connectivity index (χ1) is 12.6. The first-order valence-electron chi connectivity index (χ1n) is 8.56. The number of ether oxygens (including phenoxy) is 2. The van der Waals surface area contributed by atoms with Gasteiger partial charge >= 0.3 is 0 Å². The van der Waals surface area contributed by atoms with Gasteiger partial charge in [0.25, 0.3) is 5.91 Å². The Balaban J connectivity index is 1.42. The lowest BCUT2D eigenvalue weighted by Gasteiger charge is -2.35. The zero-order valence-electron chi connectivity index (χ0n) is 14.9. The highest BCUT2D eigenvalue weighted by molar-refractivity contribution is 5.95. The van der Waals surface area contributed by atoms with Gasteiger partial charge in [-0.1, -0.05) is 0 Å². The summed E-state index contributed by atoms with van der Waals surface area (Å²) in [4.78, 5) is 18.8. The maximum absolute atomic E-state index is 12.8. The molecular formula is C18H21N5O3. The normalized spacial score (nSPS) is 15.9. The molecule has 1 amide bonds. The summed E-state index contributed by atoms with van der Waals surface area (Å²) in [5.41, 5.74) is 1.63. The Hall–Kier alpha value is -3.03.